The van der Waals surface area contributed by atoms with Crippen molar-refractivity contribution < 1.29 is 14.4 Å². The number of nitrogens with zero attached hydrogens (tertiary/aromatic N) is 1. The summed E-state index contributed by atoms with van der Waals surface area (Å²) in [5.74, 6) is -0.163. The molecule has 1 aromatic carbocycles. The van der Waals surface area contributed by atoms with Crippen LogP contribution in [-0.2, 0) is 27.2 Å². The Morgan fingerprint density at radius 2 is 1.83 bits per heavy atom. The number of hydrogen-bond acceptors (Lipinski definition) is 3. The molecule has 1 fully saturated rings. The lowest BCUT2D eigenvalue weighted by Crippen LogP contribution is -2.41. The van der Waals surface area contributed by atoms with Gasteiger partial charge in [0, 0.05) is 38.9 Å². The van der Waals surface area contributed by atoms with Crippen molar-refractivity contribution in [3.05, 3.63) is 35.4 Å². The van der Waals surface area contributed by atoms with Gasteiger partial charge in [-0.1, -0.05) is 24.3 Å². The van der Waals surface area contributed by atoms with Crippen molar-refractivity contribution in [1.82, 2.24) is 15.5 Å². The number of likely N-dealkylation sites (tertiary alicyclic amines) is 1. The van der Waals surface area contributed by atoms with Gasteiger partial charge in [-0.15, -0.1) is 0 Å². The summed E-state index contributed by atoms with van der Waals surface area (Å²) < 4.78 is 0. The minimum absolute atomic E-state index is 0.111. The van der Waals surface area contributed by atoms with Crippen LogP contribution in [-0.4, -0.2) is 47.8 Å². The largest absolute Gasteiger partial charge is 0.356 e. The first-order valence-corrected chi connectivity index (χ1v) is 8.43. The van der Waals surface area contributed by atoms with E-state index in [0.717, 1.165) is 12.8 Å². The molecule has 6 nitrogen and oxygen atoms in total. The molecule has 1 heterocycles. The fourth-order valence-electron chi connectivity index (χ4n) is 3.59. The van der Waals surface area contributed by atoms with Crippen molar-refractivity contribution >= 4 is 17.7 Å². The first kappa shape index (κ1) is 16.5. The molecular weight excluding hydrogens is 306 g/mol. The molecule has 0 aromatic heterocycles. The molecule has 1 aromatic rings. The van der Waals surface area contributed by atoms with Crippen LogP contribution in [0.2, 0.25) is 0 Å². The van der Waals surface area contributed by atoms with E-state index in [2.05, 4.69) is 22.8 Å². The summed E-state index contributed by atoms with van der Waals surface area (Å²) in [6.45, 7) is 2.32. The smallest absolute Gasteiger partial charge is 0.225 e. The SMILES string of the molecule is CC(=O)NCCC(=O)NC1CC(=O)N(C2Cc3ccccc3C2)C1. The number of carbonyl (C=O) groups is 3. The summed E-state index contributed by atoms with van der Waals surface area (Å²) >= 11 is 0. The highest BCUT2D eigenvalue weighted by atomic mass is 16.2. The first-order valence-electron chi connectivity index (χ1n) is 8.43. The predicted molar refractivity (Wildman–Crippen MR) is 89.2 cm³/mol. The van der Waals surface area contributed by atoms with Gasteiger partial charge in [0.05, 0.1) is 6.04 Å². The predicted octanol–water partition coefficient (Wildman–Crippen LogP) is 0.397. The third kappa shape index (κ3) is 3.75. The van der Waals surface area contributed by atoms with Crippen LogP contribution in [0.4, 0.5) is 0 Å². The Morgan fingerprint density at radius 1 is 1.17 bits per heavy atom. The summed E-state index contributed by atoms with van der Waals surface area (Å²) in [5.41, 5.74) is 2.64. The second kappa shape index (κ2) is 7.03. The first-order chi connectivity index (χ1) is 11.5. The van der Waals surface area contributed by atoms with Gasteiger partial charge in [-0.05, 0) is 24.0 Å². The van der Waals surface area contributed by atoms with E-state index in [9.17, 15) is 14.4 Å². The summed E-state index contributed by atoms with van der Waals surface area (Å²) in [4.78, 5) is 36.9. The average molecular weight is 329 g/mol. The van der Waals surface area contributed by atoms with Crippen molar-refractivity contribution in [3.63, 3.8) is 0 Å². The molecule has 1 saturated heterocycles. The van der Waals surface area contributed by atoms with Gasteiger partial charge >= 0.3 is 0 Å². The second-order valence-corrected chi connectivity index (χ2v) is 6.58. The maximum absolute atomic E-state index is 12.3. The monoisotopic (exact) mass is 329 g/mol. The molecule has 0 radical (unpaired) electrons. The zero-order valence-corrected chi connectivity index (χ0v) is 13.9. The minimum atomic E-state index is -0.147. The summed E-state index contributed by atoms with van der Waals surface area (Å²) in [7, 11) is 0. The van der Waals surface area contributed by atoms with Crippen LogP contribution in [0.3, 0.4) is 0 Å². The van der Waals surface area contributed by atoms with E-state index < -0.39 is 0 Å². The lowest BCUT2D eigenvalue weighted by molar-refractivity contribution is -0.129. The third-order valence-electron chi connectivity index (χ3n) is 4.72. The van der Waals surface area contributed by atoms with Crippen molar-refractivity contribution in [2.24, 2.45) is 0 Å². The molecule has 0 spiro atoms. The quantitative estimate of drug-likeness (QED) is 0.821. The zero-order chi connectivity index (χ0) is 17.1. The second-order valence-electron chi connectivity index (χ2n) is 6.58. The van der Waals surface area contributed by atoms with Gasteiger partial charge in [-0.3, -0.25) is 14.4 Å². The molecule has 3 amide bonds. The molecule has 0 bridgehead atoms. The highest BCUT2D eigenvalue weighted by Crippen LogP contribution is 2.28. The van der Waals surface area contributed by atoms with Crippen LogP contribution in [0.15, 0.2) is 24.3 Å². The maximum atomic E-state index is 12.3. The maximum Gasteiger partial charge on any atom is 0.225 e. The normalized spacial score (nSPS) is 20.1. The highest BCUT2D eigenvalue weighted by molar-refractivity contribution is 5.83. The molecule has 2 N–H and O–H groups in total. The van der Waals surface area contributed by atoms with Crippen LogP contribution in [0.1, 0.15) is 30.9 Å². The van der Waals surface area contributed by atoms with Crippen LogP contribution in [0, 0.1) is 0 Å². The third-order valence-corrected chi connectivity index (χ3v) is 4.72. The van der Waals surface area contributed by atoms with Gasteiger partial charge in [0.1, 0.15) is 0 Å². The lowest BCUT2D eigenvalue weighted by Gasteiger charge is -2.24. The van der Waals surface area contributed by atoms with E-state index in [1.807, 2.05) is 17.0 Å². The molecule has 2 aliphatic rings. The molecule has 24 heavy (non-hydrogen) atoms. The summed E-state index contributed by atoms with van der Waals surface area (Å²) in [6.07, 6.45) is 2.38. The number of amides is 3. The van der Waals surface area contributed by atoms with Crippen molar-refractivity contribution in [2.75, 3.05) is 13.1 Å². The van der Waals surface area contributed by atoms with Crippen molar-refractivity contribution in [2.45, 2.75) is 44.7 Å². The lowest BCUT2D eigenvalue weighted by atomic mass is 10.1. The van der Waals surface area contributed by atoms with Crippen LogP contribution in [0.5, 0.6) is 0 Å². The molecule has 1 atom stereocenters. The molecular formula is C18H23N3O3. The van der Waals surface area contributed by atoms with Gasteiger partial charge < -0.3 is 15.5 Å². The van der Waals surface area contributed by atoms with E-state index in [1.54, 1.807) is 0 Å². The number of benzene rings is 1. The Labute approximate surface area is 141 Å². The van der Waals surface area contributed by atoms with Crippen LogP contribution in [0.25, 0.3) is 0 Å². The van der Waals surface area contributed by atoms with E-state index >= 15 is 0 Å². The Bertz CT molecular complexity index is 634. The number of fused-ring (bicyclic) bond motifs is 1. The fourth-order valence-corrected chi connectivity index (χ4v) is 3.59. The Balaban J connectivity index is 1.50. The molecule has 6 heteroatoms. The fraction of sp³-hybridized carbons (Fsp3) is 0.500. The van der Waals surface area contributed by atoms with E-state index in [0.29, 0.717) is 19.5 Å². The minimum Gasteiger partial charge on any atom is -0.356 e. The molecule has 128 valence electrons. The van der Waals surface area contributed by atoms with Gasteiger partial charge in [0.25, 0.3) is 0 Å². The summed E-state index contributed by atoms with van der Waals surface area (Å²) in [5, 5.41) is 5.50. The molecule has 3 rings (SSSR count). The van der Waals surface area contributed by atoms with Crippen LogP contribution < -0.4 is 10.6 Å². The van der Waals surface area contributed by atoms with Gasteiger partial charge in [0.2, 0.25) is 17.7 Å². The van der Waals surface area contributed by atoms with E-state index in [-0.39, 0.29) is 36.2 Å². The standard InChI is InChI=1S/C18H23N3O3/c1-12(22)19-7-6-17(23)20-15-10-18(24)21(11-15)16-8-13-4-2-3-5-14(13)9-16/h2-5,15-16H,6-11H2,1H3,(H,19,22)(H,20,23). The number of nitrogens with one attached hydrogen (secondary N) is 2. The number of rotatable bonds is 5. The van der Waals surface area contributed by atoms with Gasteiger partial charge in [-0.25, -0.2) is 0 Å². The van der Waals surface area contributed by atoms with Gasteiger partial charge in [0.15, 0.2) is 0 Å². The Morgan fingerprint density at radius 3 is 2.46 bits per heavy atom. The topological polar surface area (TPSA) is 78.5 Å². The average Bonchev–Trinajstić information content (AvgIpc) is 3.09. The van der Waals surface area contributed by atoms with Crippen molar-refractivity contribution in [1.29, 1.82) is 0 Å². The molecule has 1 unspecified atom stereocenters. The summed E-state index contributed by atoms with van der Waals surface area (Å²) in [6, 6.07) is 8.38. The number of hydrogen-bond donors (Lipinski definition) is 2. The van der Waals surface area contributed by atoms with Crippen LogP contribution >= 0.6 is 0 Å². The molecule has 1 aliphatic heterocycles. The zero-order valence-electron chi connectivity index (χ0n) is 13.9. The van der Waals surface area contributed by atoms with Crippen molar-refractivity contribution in [3.8, 4) is 0 Å². The van der Waals surface area contributed by atoms with Gasteiger partial charge in [-0.2, -0.15) is 0 Å². The Hall–Kier alpha value is -2.37. The Kier molecular flexibility index (Phi) is 4.83. The van der Waals surface area contributed by atoms with E-state index in [4.69, 9.17) is 0 Å². The van der Waals surface area contributed by atoms with E-state index in [1.165, 1.54) is 18.1 Å². The highest BCUT2D eigenvalue weighted by Gasteiger charge is 2.37. The number of carbonyl (C=O) groups excluding carboxylic acids is 3. The molecule has 1 aliphatic carbocycles. The molecule has 0 saturated carbocycles.